The highest BCUT2D eigenvalue weighted by molar-refractivity contribution is 7.54. The fourth-order valence-corrected chi connectivity index (χ4v) is 1.96. The molecule has 0 aliphatic rings. The van der Waals surface area contributed by atoms with Gasteiger partial charge in [0.25, 0.3) is 0 Å². The molecule has 0 N–H and O–H groups in total. The maximum Gasteiger partial charge on any atom is 0.0413 e. The lowest BCUT2D eigenvalue weighted by Gasteiger charge is -2.01. The van der Waals surface area contributed by atoms with Crippen molar-refractivity contribution in [3.63, 3.8) is 0 Å². The molecule has 64 valence electrons. The average molecular weight is 199 g/mol. The largest absolute Gasteiger partial charge is 0.0839 e. The molecular weight excluding hydrogens is 187 g/mol. The van der Waals surface area contributed by atoms with Crippen LogP contribution in [0.2, 0.25) is 0 Å². The van der Waals surface area contributed by atoms with Gasteiger partial charge in [0.2, 0.25) is 0 Å². The minimum Gasteiger partial charge on any atom is -0.0839 e. The highest BCUT2D eigenvalue weighted by Gasteiger charge is 1.96. The van der Waals surface area contributed by atoms with Gasteiger partial charge in [0.05, 0.1) is 0 Å². The van der Waals surface area contributed by atoms with Crippen molar-refractivity contribution in [1.29, 1.82) is 0 Å². The van der Waals surface area contributed by atoms with E-state index in [2.05, 4.69) is 12.1 Å². The van der Waals surface area contributed by atoms with Gasteiger partial charge >= 0.3 is 0 Å². The zero-order valence-electron chi connectivity index (χ0n) is 7.26. The van der Waals surface area contributed by atoms with E-state index in [1.165, 1.54) is 10.9 Å². The summed E-state index contributed by atoms with van der Waals surface area (Å²) in [7, 11) is 0.604. The Morgan fingerprint density at radius 3 is 2.25 bits per heavy atom. The summed E-state index contributed by atoms with van der Waals surface area (Å²) >= 11 is 6.04. The summed E-state index contributed by atoms with van der Waals surface area (Å²) in [5.74, 6) is 0. The minimum atomic E-state index is 0.604. The molecule has 1 atom stereocenters. The van der Waals surface area contributed by atoms with Crippen molar-refractivity contribution >= 4 is 25.5 Å². The van der Waals surface area contributed by atoms with E-state index in [-0.39, 0.29) is 0 Å². The zero-order chi connectivity index (χ0) is 8.97. The quantitative estimate of drug-likeness (QED) is 0.639. The highest BCUT2D eigenvalue weighted by atomic mass is 35.5. The SMILES string of the molecule is CC(C)=C(Cl)Pc1ccccc1. The van der Waals surface area contributed by atoms with Crippen molar-refractivity contribution in [1.82, 2.24) is 0 Å². The summed E-state index contributed by atoms with van der Waals surface area (Å²) < 4.78 is 0.973. The van der Waals surface area contributed by atoms with Gasteiger partial charge in [0.15, 0.2) is 0 Å². The third kappa shape index (κ3) is 2.97. The van der Waals surface area contributed by atoms with Crippen LogP contribution < -0.4 is 5.30 Å². The summed E-state index contributed by atoms with van der Waals surface area (Å²) in [5.41, 5.74) is 1.21. The fraction of sp³-hybridized carbons (Fsp3) is 0.200. The van der Waals surface area contributed by atoms with Crippen LogP contribution in [0, 0.1) is 0 Å². The predicted octanol–water partition coefficient (Wildman–Crippen LogP) is 3.48. The van der Waals surface area contributed by atoms with Gasteiger partial charge in [-0.1, -0.05) is 47.5 Å². The molecule has 1 rings (SSSR count). The van der Waals surface area contributed by atoms with Crippen LogP contribution in [0.25, 0.3) is 0 Å². The monoisotopic (exact) mass is 198 g/mol. The zero-order valence-corrected chi connectivity index (χ0v) is 9.02. The molecule has 0 saturated heterocycles. The van der Waals surface area contributed by atoms with E-state index in [9.17, 15) is 0 Å². The number of benzene rings is 1. The Kier molecular flexibility index (Phi) is 3.78. The van der Waals surface area contributed by atoms with Gasteiger partial charge in [-0.2, -0.15) is 0 Å². The lowest BCUT2D eigenvalue weighted by atomic mass is 10.4. The molecule has 0 heterocycles. The Hall–Kier alpha value is -0.320. The van der Waals surface area contributed by atoms with Crippen molar-refractivity contribution < 1.29 is 0 Å². The van der Waals surface area contributed by atoms with Crippen LogP contribution >= 0.6 is 20.2 Å². The molecular formula is C10H12ClP. The summed E-state index contributed by atoms with van der Waals surface area (Å²) in [6.07, 6.45) is 0. The molecule has 1 aromatic rings. The molecule has 12 heavy (non-hydrogen) atoms. The molecule has 0 nitrogen and oxygen atoms in total. The molecule has 0 amide bonds. The number of hydrogen-bond acceptors (Lipinski definition) is 0. The minimum absolute atomic E-state index is 0.604. The van der Waals surface area contributed by atoms with Crippen molar-refractivity contribution in [2.75, 3.05) is 0 Å². The third-order valence-electron chi connectivity index (χ3n) is 1.47. The van der Waals surface area contributed by atoms with Crippen LogP contribution in [-0.4, -0.2) is 0 Å². The van der Waals surface area contributed by atoms with Crippen LogP contribution in [0.1, 0.15) is 13.8 Å². The Morgan fingerprint density at radius 1 is 1.17 bits per heavy atom. The maximum absolute atomic E-state index is 6.04. The lowest BCUT2D eigenvalue weighted by Crippen LogP contribution is -1.90. The van der Waals surface area contributed by atoms with Crippen LogP contribution in [0.4, 0.5) is 0 Å². The van der Waals surface area contributed by atoms with E-state index in [1.807, 2.05) is 32.0 Å². The molecule has 0 bridgehead atoms. The highest BCUT2D eigenvalue weighted by Crippen LogP contribution is 2.29. The first-order valence-corrected chi connectivity index (χ1v) is 5.23. The number of halogens is 1. The van der Waals surface area contributed by atoms with E-state index in [4.69, 9.17) is 11.6 Å². The predicted molar refractivity (Wildman–Crippen MR) is 58.6 cm³/mol. The second-order valence-electron chi connectivity index (χ2n) is 2.81. The van der Waals surface area contributed by atoms with Crippen molar-refractivity contribution in [3.05, 3.63) is 40.7 Å². The molecule has 0 aromatic heterocycles. The number of rotatable bonds is 2. The van der Waals surface area contributed by atoms with Crippen LogP contribution in [0.3, 0.4) is 0 Å². The molecule has 0 fully saturated rings. The number of hydrogen-bond donors (Lipinski definition) is 0. The normalized spacial score (nSPS) is 10.6. The molecule has 0 aliphatic carbocycles. The molecule has 1 unspecified atom stereocenters. The van der Waals surface area contributed by atoms with E-state index in [1.54, 1.807) is 0 Å². The van der Waals surface area contributed by atoms with Crippen molar-refractivity contribution in [2.45, 2.75) is 13.8 Å². The van der Waals surface area contributed by atoms with Gasteiger partial charge in [-0.15, -0.1) is 0 Å². The van der Waals surface area contributed by atoms with Gasteiger partial charge < -0.3 is 0 Å². The molecule has 0 radical (unpaired) electrons. The van der Waals surface area contributed by atoms with Crippen molar-refractivity contribution in [2.24, 2.45) is 0 Å². The van der Waals surface area contributed by atoms with E-state index >= 15 is 0 Å². The second-order valence-corrected chi connectivity index (χ2v) is 4.83. The Balaban J connectivity index is 2.72. The lowest BCUT2D eigenvalue weighted by molar-refractivity contribution is 1.40. The Labute approximate surface area is 80.4 Å². The van der Waals surface area contributed by atoms with Crippen molar-refractivity contribution in [3.8, 4) is 0 Å². The summed E-state index contributed by atoms with van der Waals surface area (Å²) in [6.45, 7) is 4.08. The van der Waals surface area contributed by atoms with E-state index in [0.29, 0.717) is 8.58 Å². The van der Waals surface area contributed by atoms with Gasteiger partial charge in [-0.3, -0.25) is 0 Å². The van der Waals surface area contributed by atoms with Gasteiger partial charge in [-0.05, 0) is 27.7 Å². The standard InChI is InChI=1S/C10H12ClP/c1-8(2)10(11)12-9-6-4-3-5-7-9/h3-7,12H,1-2H3. The van der Waals surface area contributed by atoms with Gasteiger partial charge in [0, 0.05) is 4.77 Å². The third-order valence-corrected chi connectivity index (χ3v) is 3.47. The Bertz CT molecular complexity index is 273. The second kappa shape index (κ2) is 4.64. The maximum atomic E-state index is 6.04. The van der Waals surface area contributed by atoms with E-state index in [0.717, 1.165) is 4.77 Å². The molecule has 0 spiro atoms. The number of allylic oxidation sites excluding steroid dienone is 1. The first-order valence-electron chi connectivity index (χ1n) is 3.85. The van der Waals surface area contributed by atoms with Crippen LogP contribution in [0.15, 0.2) is 40.7 Å². The Morgan fingerprint density at radius 2 is 1.75 bits per heavy atom. The fourth-order valence-electron chi connectivity index (χ4n) is 0.773. The smallest absolute Gasteiger partial charge is 0.0413 e. The topological polar surface area (TPSA) is 0 Å². The molecule has 2 heteroatoms. The summed E-state index contributed by atoms with van der Waals surface area (Å²) in [4.78, 5) is 0. The van der Waals surface area contributed by atoms with Gasteiger partial charge in [0.1, 0.15) is 0 Å². The van der Waals surface area contributed by atoms with Crippen LogP contribution in [0.5, 0.6) is 0 Å². The molecule has 0 saturated carbocycles. The summed E-state index contributed by atoms with van der Waals surface area (Å²) in [6, 6.07) is 10.3. The van der Waals surface area contributed by atoms with Crippen LogP contribution in [-0.2, 0) is 0 Å². The first kappa shape index (κ1) is 9.77. The average Bonchev–Trinajstić information content (AvgIpc) is 2.06. The van der Waals surface area contributed by atoms with Gasteiger partial charge in [-0.25, -0.2) is 0 Å². The molecule has 1 aromatic carbocycles. The summed E-state index contributed by atoms with van der Waals surface area (Å²) in [5, 5.41) is 1.30. The molecule has 0 aliphatic heterocycles. The first-order chi connectivity index (χ1) is 5.70. The van der Waals surface area contributed by atoms with E-state index < -0.39 is 0 Å².